The van der Waals surface area contributed by atoms with Gasteiger partial charge in [-0.05, 0) is 25.8 Å². The van der Waals surface area contributed by atoms with Crippen molar-refractivity contribution in [3.63, 3.8) is 0 Å². The molecule has 3 heteroatoms. The predicted molar refractivity (Wildman–Crippen MR) is 71.8 cm³/mol. The van der Waals surface area contributed by atoms with Crippen molar-refractivity contribution in [1.29, 1.82) is 0 Å². The Morgan fingerprint density at radius 2 is 2.00 bits per heavy atom. The molecule has 0 aliphatic rings. The molecule has 0 spiro atoms. The molecule has 0 aliphatic carbocycles. The van der Waals surface area contributed by atoms with Gasteiger partial charge in [-0.2, -0.15) is 0 Å². The number of urea groups is 1. The van der Waals surface area contributed by atoms with Gasteiger partial charge in [0.05, 0.1) is 0 Å². The number of hydrogen-bond donors (Lipinski definition) is 2. The van der Waals surface area contributed by atoms with Crippen molar-refractivity contribution in [2.45, 2.75) is 26.3 Å². The van der Waals surface area contributed by atoms with Gasteiger partial charge in [-0.15, -0.1) is 0 Å². The summed E-state index contributed by atoms with van der Waals surface area (Å²) >= 11 is 0. The lowest BCUT2D eigenvalue weighted by atomic mass is 10.2. The highest BCUT2D eigenvalue weighted by atomic mass is 16.2. The zero-order chi connectivity index (χ0) is 12.5. The van der Waals surface area contributed by atoms with Gasteiger partial charge in [0.1, 0.15) is 0 Å². The molecule has 2 amide bonds. The van der Waals surface area contributed by atoms with Crippen molar-refractivity contribution in [1.82, 2.24) is 10.6 Å². The molecule has 0 bridgehead atoms. The van der Waals surface area contributed by atoms with Crippen LogP contribution in [0.2, 0.25) is 0 Å². The van der Waals surface area contributed by atoms with Gasteiger partial charge in [0.25, 0.3) is 0 Å². The molecule has 92 valence electrons. The van der Waals surface area contributed by atoms with Gasteiger partial charge in [-0.1, -0.05) is 42.5 Å². The molecule has 0 radical (unpaired) electrons. The zero-order valence-electron chi connectivity index (χ0n) is 10.4. The monoisotopic (exact) mass is 232 g/mol. The molecule has 0 heterocycles. The Kier molecular flexibility index (Phi) is 5.86. The van der Waals surface area contributed by atoms with E-state index < -0.39 is 0 Å². The number of carbonyl (C=O) groups excluding carboxylic acids is 1. The predicted octanol–water partition coefficient (Wildman–Crippen LogP) is 2.80. The summed E-state index contributed by atoms with van der Waals surface area (Å²) in [5.74, 6) is 0. The average molecular weight is 232 g/mol. The number of benzene rings is 1. The Balaban J connectivity index is 2.16. The van der Waals surface area contributed by atoms with Crippen molar-refractivity contribution >= 4 is 12.1 Å². The van der Waals surface area contributed by atoms with Crippen molar-refractivity contribution in [2.75, 3.05) is 6.54 Å². The van der Waals surface area contributed by atoms with E-state index in [2.05, 4.69) is 34.9 Å². The first-order chi connectivity index (χ1) is 8.18. The first-order valence-corrected chi connectivity index (χ1v) is 5.94. The van der Waals surface area contributed by atoms with Crippen molar-refractivity contribution in [2.24, 2.45) is 0 Å². The molecule has 2 N–H and O–H groups in total. The third-order valence-electron chi connectivity index (χ3n) is 2.13. The summed E-state index contributed by atoms with van der Waals surface area (Å²) in [6.45, 7) is 4.53. The van der Waals surface area contributed by atoms with E-state index in [-0.39, 0.29) is 12.1 Å². The van der Waals surface area contributed by atoms with Gasteiger partial charge in [-0.3, -0.25) is 0 Å². The van der Waals surface area contributed by atoms with Crippen LogP contribution in [0.15, 0.2) is 36.4 Å². The van der Waals surface area contributed by atoms with Crippen LogP contribution >= 0.6 is 0 Å². The second-order valence-electron chi connectivity index (χ2n) is 4.16. The average Bonchev–Trinajstić information content (AvgIpc) is 2.29. The minimum atomic E-state index is -0.104. The molecule has 0 aliphatic heterocycles. The van der Waals surface area contributed by atoms with Crippen molar-refractivity contribution in [3.05, 3.63) is 42.0 Å². The molecule has 0 saturated heterocycles. The SMILES string of the molecule is CC(C)NC(=O)NCC/C=C/c1ccccc1. The Labute approximate surface area is 103 Å². The third-order valence-corrected chi connectivity index (χ3v) is 2.13. The van der Waals surface area contributed by atoms with Crippen LogP contribution in [0.5, 0.6) is 0 Å². The lowest BCUT2D eigenvalue weighted by Crippen LogP contribution is -2.39. The van der Waals surface area contributed by atoms with Crippen LogP contribution in [0, 0.1) is 0 Å². The second-order valence-corrected chi connectivity index (χ2v) is 4.16. The van der Waals surface area contributed by atoms with Gasteiger partial charge >= 0.3 is 6.03 Å². The zero-order valence-corrected chi connectivity index (χ0v) is 10.4. The fraction of sp³-hybridized carbons (Fsp3) is 0.357. The normalized spacial score (nSPS) is 10.8. The maximum Gasteiger partial charge on any atom is 0.314 e. The highest BCUT2D eigenvalue weighted by Gasteiger charge is 1.99. The minimum Gasteiger partial charge on any atom is -0.338 e. The first kappa shape index (κ1) is 13.3. The highest BCUT2D eigenvalue weighted by molar-refractivity contribution is 5.74. The molecule has 0 saturated carbocycles. The summed E-state index contributed by atoms with van der Waals surface area (Å²) in [7, 11) is 0. The topological polar surface area (TPSA) is 41.1 Å². The summed E-state index contributed by atoms with van der Waals surface area (Å²) in [6.07, 6.45) is 4.95. The van der Waals surface area contributed by atoms with E-state index >= 15 is 0 Å². The number of nitrogens with one attached hydrogen (secondary N) is 2. The Morgan fingerprint density at radius 1 is 1.29 bits per heavy atom. The second kappa shape index (κ2) is 7.49. The molecule has 17 heavy (non-hydrogen) atoms. The molecular weight excluding hydrogens is 212 g/mol. The number of carbonyl (C=O) groups is 1. The summed E-state index contributed by atoms with van der Waals surface area (Å²) in [5.41, 5.74) is 1.18. The molecule has 1 aromatic rings. The van der Waals surface area contributed by atoms with Crippen LogP contribution in [0.3, 0.4) is 0 Å². The summed E-state index contributed by atoms with van der Waals surface area (Å²) < 4.78 is 0. The number of amides is 2. The number of hydrogen-bond acceptors (Lipinski definition) is 1. The molecule has 0 atom stereocenters. The van der Waals surface area contributed by atoms with Crippen molar-refractivity contribution in [3.8, 4) is 0 Å². The van der Waals surface area contributed by atoms with Crippen LogP contribution in [0.1, 0.15) is 25.8 Å². The van der Waals surface area contributed by atoms with E-state index in [0.717, 1.165) is 6.42 Å². The van der Waals surface area contributed by atoms with Crippen molar-refractivity contribution < 1.29 is 4.79 Å². The fourth-order valence-electron chi connectivity index (χ4n) is 1.37. The molecule has 0 aromatic heterocycles. The lowest BCUT2D eigenvalue weighted by molar-refractivity contribution is 0.239. The summed E-state index contributed by atoms with van der Waals surface area (Å²) in [5, 5.41) is 5.58. The molecule has 0 fully saturated rings. The van der Waals surface area contributed by atoms with E-state index in [4.69, 9.17) is 0 Å². The van der Waals surface area contributed by atoms with Gasteiger partial charge in [0.15, 0.2) is 0 Å². The first-order valence-electron chi connectivity index (χ1n) is 5.94. The third kappa shape index (κ3) is 6.40. The maximum atomic E-state index is 11.2. The Hall–Kier alpha value is -1.77. The van der Waals surface area contributed by atoms with Gasteiger partial charge in [0, 0.05) is 12.6 Å². The Bertz CT molecular complexity index is 358. The fourth-order valence-corrected chi connectivity index (χ4v) is 1.37. The molecule has 1 aromatic carbocycles. The lowest BCUT2D eigenvalue weighted by Gasteiger charge is -2.08. The number of rotatable bonds is 5. The van der Waals surface area contributed by atoms with Crippen LogP contribution in [-0.4, -0.2) is 18.6 Å². The van der Waals surface area contributed by atoms with E-state index in [0.29, 0.717) is 6.54 Å². The van der Waals surface area contributed by atoms with Gasteiger partial charge < -0.3 is 10.6 Å². The molecule has 1 rings (SSSR count). The minimum absolute atomic E-state index is 0.104. The van der Waals surface area contributed by atoms with E-state index in [9.17, 15) is 4.79 Å². The summed E-state index contributed by atoms with van der Waals surface area (Å²) in [6, 6.07) is 10.2. The van der Waals surface area contributed by atoms with Crippen LogP contribution in [0.25, 0.3) is 6.08 Å². The largest absolute Gasteiger partial charge is 0.338 e. The quantitative estimate of drug-likeness (QED) is 0.753. The van der Waals surface area contributed by atoms with Crippen LogP contribution in [-0.2, 0) is 0 Å². The van der Waals surface area contributed by atoms with Crippen LogP contribution < -0.4 is 10.6 Å². The van der Waals surface area contributed by atoms with E-state index in [1.165, 1.54) is 5.56 Å². The molecule has 0 unspecified atom stereocenters. The highest BCUT2D eigenvalue weighted by Crippen LogP contribution is 2.01. The van der Waals surface area contributed by atoms with Gasteiger partial charge in [0.2, 0.25) is 0 Å². The van der Waals surface area contributed by atoms with Gasteiger partial charge in [-0.25, -0.2) is 4.79 Å². The summed E-state index contributed by atoms with van der Waals surface area (Å²) in [4.78, 5) is 11.2. The van der Waals surface area contributed by atoms with E-state index in [1.807, 2.05) is 32.0 Å². The van der Waals surface area contributed by atoms with E-state index in [1.54, 1.807) is 0 Å². The maximum absolute atomic E-state index is 11.2. The smallest absolute Gasteiger partial charge is 0.314 e. The standard InChI is InChI=1S/C14H20N2O/c1-12(2)16-14(17)15-11-7-6-10-13-8-4-3-5-9-13/h3-6,8-10,12H,7,11H2,1-2H3,(H2,15,16,17)/b10-6+. The Morgan fingerprint density at radius 3 is 2.65 bits per heavy atom. The molecular formula is C14H20N2O. The van der Waals surface area contributed by atoms with Crippen LogP contribution in [0.4, 0.5) is 4.79 Å². The molecule has 3 nitrogen and oxygen atoms in total.